The lowest BCUT2D eigenvalue weighted by Crippen LogP contribution is -2.10. The Morgan fingerprint density at radius 3 is 1.10 bits per heavy atom. The number of anilines is 2. The van der Waals surface area contributed by atoms with E-state index in [1.807, 2.05) is 42.5 Å². The van der Waals surface area contributed by atoms with Gasteiger partial charge in [-0.05, 0) is 88.2 Å². The van der Waals surface area contributed by atoms with Crippen LogP contribution in [0.15, 0.2) is 261 Å². The van der Waals surface area contributed by atoms with E-state index in [1.165, 1.54) is 83.3 Å². The number of fused-ring (bicyclic) bond motifs is 6. The maximum Gasteiger partial charge on any atom is 0.0481 e. The summed E-state index contributed by atoms with van der Waals surface area (Å²) in [6.45, 7) is 8.60. The van der Waals surface area contributed by atoms with Crippen LogP contribution in [0.3, 0.4) is 0 Å². The highest BCUT2D eigenvalue weighted by Crippen LogP contribution is 2.44. The lowest BCUT2D eigenvalue weighted by molar-refractivity contribution is 0.957. The van der Waals surface area contributed by atoms with Crippen LogP contribution in [-0.2, 0) is 0 Å². The van der Waals surface area contributed by atoms with Crippen molar-refractivity contribution in [1.82, 2.24) is 0 Å². The van der Waals surface area contributed by atoms with E-state index in [9.17, 15) is 0 Å². The summed E-state index contributed by atoms with van der Waals surface area (Å²) >= 11 is 0. The van der Waals surface area contributed by atoms with Gasteiger partial charge in [0.15, 0.2) is 0 Å². The summed E-state index contributed by atoms with van der Waals surface area (Å²) in [4.78, 5) is 2.24. The van der Waals surface area contributed by atoms with Crippen molar-refractivity contribution in [3.05, 3.63) is 300 Å². The molecule has 10 aromatic carbocycles. The molecule has 1 aliphatic heterocycles. The van der Waals surface area contributed by atoms with E-state index >= 15 is 0 Å². The summed E-state index contributed by atoms with van der Waals surface area (Å²) in [5, 5.41) is 2.62. The maximum absolute atomic E-state index is 2.28. The zero-order chi connectivity index (χ0) is 46.6. The Kier molecular flexibility index (Phi) is 17.1. The number of para-hydroxylation sites is 2. The van der Waals surface area contributed by atoms with Crippen molar-refractivity contribution < 1.29 is 0 Å². The Bertz CT molecular complexity index is 2870. The molecule has 0 fully saturated rings. The van der Waals surface area contributed by atoms with Gasteiger partial charge in [-0.1, -0.05) is 284 Å². The number of hydrogen-bond acceptors (Lipinski definition) is 1. The molecule has 0 radical (unpaired) electrons. The molecule has 0 spiro atoms. The number of rotatable bonds is 1. The van der Waals surface area contributed by atoms with Gasteiger partial charge >= 0.3 is 0 Å². The van der Waals surface area contributed by atoms with Crippen LogP contribution in [0.25, 0.3) is 45.2 Å². The van der Waals surface area contributed by atoms with Crippen LogP contribution in [0.4, 0.5) is 11.4 Å². The number of nitrogens with zero attached hydrogens (tertiary/aromatic N) is 1. The topological polar surface area (TPSA) is 3.24 Å². The predicted molar refractivity (Wildman–Crippen MR) is 292 cm³/mol. The standard InChI is InChI=1S/C15H13N.C14H12.C13H12.C10H8.C8H10.C6H6/c1-16-14-8-4-2-6-12(14)10-11-13-7-3-5-9-15(13)16;1-10-11-6-2-4-8-13(11)14-9-5-3-7-12(10)14;1-11-7-9-13(10-8-11)12-5-3-2-4-6-12;1-2-6-10-8-4-3-7-9(10)5-1;1-7-4-3-5-8(2)6-7;1-2-4-6-5-3-1/h2-11H,1H3;2-10H,1H3;2-10H,1H3;1-8H;3-6H,1-2H3;1-6H. The van der Waals surface area contributed by atoms with Gasteiger partial charge in [-0.15, -0.1) is 0 Å². The van der Waals surface area contributed by atoms with Crippen molar-refractivity contribution in [2.75, 3.05) is 11.9 Å². The fourth-order valence-corrected chi connectivity index (χ4v) is 8.29. The number of aryl methyl sites for hydroxylation is 3. The molecule has 0 amide bonds. The molecule has 1 heteroatoms. The van der Waals surface area contributed by atoms with Gasteiger partial charge in [0, 0.05) is 24.3 Å². The average molecular weight is 868 g/mol. The van der Waals surface area contributed by atoms with Crippen molar-refractivity contribution in [1.29, 1.82) is 0 Å². The van der Waals surface area contributed by atoms with Gasteiger partial charge < -0.3 is 4.90 Å². The molecule has 0 saturated carbocycles. The van der Waals surface area contributed by atoms with Gasteiger partial charge in [0.2, 0.25) is 0 Å². The summed E-state index contributed by atoms with van der Waals surface area (Å²) in [5.41, 5.74) is 17.3. The minimum absolute atomic E-state index is 0.558. The highest BCUT2D eigenvalue weighted by molar-refractivity contribution is 5.88. The van der Waals surface area contributed by atoms with Gasteiger partial charge in [0.05, 0.1) is 0 Å². The second kappa shape index (κ2) is 24.3. The van der Waals surface area contributed by atoms with Crippen LogP contribution < -0.4 is 4.90 Å². The Labute approximate surface area is 400 Å². The smallest absolute Gasteiger partial charge is 0.0481 e. The summed E-state index contributed by atoms with van der Waals surface area (Å²) < 4.78 is 0. The third-order valence-electron chi connectivity index (χ3n) is 11.8. The van der Waals surface area contributed by atoms with Crippen LogP contribution >= 0.6 is 0 Å². The van der Waals surface area contributed by atoms with Gasteiger partial charge in [-0.3, -0.25) is 0 Å². The first-order valence-corrected chi connectivity index (χ1v) is 23.2. The van der Waals surface area contributed by atoms with Crippen LogP contribution in [-0.4, -0.2) is 7.05 Å². The third-order valence-corrected chi connectivity index (χ3v) is 11.8. The molecule has 0 unspecified atom stereocenters. The molecule has 12 rings (SSSR count). The zero-order valence-electron chi connectivity index (χ0n) is 39.5. The quantitative estimate of drug-likeness (QED) is 0.159. The molecule has 1 aliphatic carbocycles. The van der Waals surface area contributed by atoms with Crippen molar-refractivity contribution in [2.24, 2.45) is 0 Å². The van der Waals surface area contributed by atoms with Gasteiger partial charge in [0.25, 0.3) is 0 Å². The van der Waals surface area contributed by atoms with E-state index in [0.29, 0.717) is 5.92 Å². The molecule has 0 aromatic heterocycles. The fraction of sp³-hybridized carbons (Fsp3) is 0.0909. The van der Waals surface area contributed by atoms with E-state index < -0.39 is 0 Å². The Hall–Kier alpha value is -8.00. The fourth-order valence-electron chi connectivity index (χ4n) is 8.29. The molecule has 0 N–H and O–H groups in total. The van der Waals surface area contributed by atoms with Crippen LogP contribution in [0, 0.1) is 20.8 Å². The van der Waals surface area contributed by atoms with E-state index in [-0.39, 0.29) is 0 Å². The highest BCUT2D eigenvalue weighted by Gasteiger charge is 2.23. The Morgan fingerprint density at radius 1 is 0.313 bits per heavy atom. The molecule has 1 heterocycles. The summed E-state index contributed by atoms with van der Waals surface area (Å²) in [5.74, 6) is 0.558. The van der Waals surface area contributed by atoms with Crippen LogP contribution in [0.1, 0.15) is 51.8 Å². The Morgan fingerprint density at radius 2 is 0.672 bits per heavy atom. The molecular weight excluding hydrogens is 807 g/mol. The lowest BCUT2D eigenvalue weighted by Gasteiger charge is -2.21. The third kappa shape index (κ3) is 13.3. The van der Waals surface area contributed by atoms with Gasteiger partial charge in [-0.2, -0.15) is 0 Å². The van der Waals surface area contributed by atoms with E-state index in [4.69, 9.17) is 0 Å². The van der Waals surface area contributed by atoms with E-state index in [0.717, 1.165) is 0 Å². The van der Waals surface area contributed by atoms with Crippen molar-refractivity contribution in [3.63, 3.8) is 0 Å². The van der Waals surface area contributed by atoms with Crippen molar-refractivity contribution in [2.45, 2.75) is 33.6 Å². The highest BCUT2D eigenvalue weighted by atomic mass is 15.1. The SMILES string of the molecule is CC1c2ccccc2-c2ccccc21.CN1c2ccccc2C=Cc2ccccc21.Cc1ccc(-c2ccccc2)cc1.Cc1cccc(C)c1.c1ccc2ccccc2c1.c1ccccc1. The first kappa shape index (κ1) is 47.0. The van der Waals surface area contributed by atoms with Crippen LogP contribution in [0.5, 0.6) is 0 Å². The molecular formula is C66H61N. The molecule has 2 aliphatic rings. The summed E-state index contributed by atoms with van der Waals surface area (Å²) in [6.07, 6.45) is 4.36. The first-order valence-electron chi connectivity index (χ1n) is 23.2. The van der Waals surface area contributed by atoms with Gasteiger partial charge in [0.1, 0.15) is 0 Å². The molecule has 0 bridgehead atoms. The molecule has 1 nitrogen and oxygen atoms in total. The summed E-state index contributed by atoms with van der Waals surface area (Å²) in [7, 11) is 2.12. The molecule has 330 valence electrons. The van der Waals surface area contributed by atoms with Crippen LogP contribution in [0.2, 0.25) is 0 Å². The normalized spacial score (nSPS) is 11.2. The molecule has 0 atom stereocenters. The minimum Gasteiger partial charge on any atom is -0.344 e. The largest absolute Gasteiger partial charge is 0.344 e. The lowest BCUT2D eigenvalue weighted by atomic mass is 10.00. The van der Waals surface area contributed by atoms with E-state index in [2.05, 4.69) is 270 Å². The monoisotopic (exact) mass is 867 g/mol. The van der Waals surface area contributed by atoms with E-state index in [1.54, 1.807) is 0 Å². The molecule has 10 aromatic rings. The predicted octanol–water partition coefficient (Wildman–Crippen LogP) is 18.2. The first-order chi connectivity index (χ1) is 32.9. The Balaban J connectivity index is 0.000000122. The zero-order valence-corrected chi connectivity index (χ0v) is 39.5. The van der Waals surface area contributed by atoms with Gasteiger partial charge in [-0.25, -0.2) is 0 Å². The number of hydrogen-bond donors (Lipinski definition) is 0. The maximum atomic E-state index is 2.28. The van der Waals surface area contributed by atoms with Crippen molar-refractivity contribution in [3.8, 4) is 22.3 Å². The second-order valence-electron chi connectivity index (χ2n) is 16.8. The summed E-state index contributed by atoms with van der Waals surface area (Å²) in [6, 6.07) is 90.5. The second-order valence-corrected chi connectivity index (χ2v) is 16.8. The minimum atomic E-state index is 0.558. The molecule has 0 saturated heterocycles. The van der Waals surface area contributed by atoms with Crippen molar-refractivity contribution >= 4 is 34.3 Å². The average Bonchev–Trinajstić information content (AvgIpc) is 3.59. The number of benzene rings is 10. The molecule has 67 heavy (non-hydrogen) atoms.